The maximum absolute atomic E-state index is 12.2. The van der Waals surface area contributed by atoms with Gasteiger partial charge in [-0.25, -0.2) is 9.59 Å². The predicted octanol–water partition coefficient (Wildman–Crippen LogP) is -3.43. The third-order valence-corrected chi connectivity index (χ3v) is 4.75. The highest BCUT2D eigenvalue weighted by Crippen LogP contribution is 2.32. The number of methoxy groups -OCH3 is 1. The summed E-state index contributed by atoms with van der Waals surface area (Å²) in [6.45, 7) is 0.516. The zero-order valence-electron chi connectivity index (χ0n) is 17.9. The van der Waals surface area contributed by atoms with E-state index in [1.165, 1.54) is 7.11 Å². The van der Waals surface area contributed by atoms with E-state index in [-0.39, 0.29) is 13.2 Å². The van der Waals surface area contributed by atoms with E-state index < -0.39 is 73.6 Å². The van der Waals surface area contributed by atoms with Gasteiger partial charge in [0, 0.05) is 13.5 Å². The number of carboxylic acids is 1. The van der Waals surface area contributed by atoms with Gasteiger partial charge in [0.2, 0.25) is 5.91 Å². The Morgan fingerprint density at radius 1 is 1.19 bits per heavy atom. The zero-order chi connectivity index (χ0) is 24.3. The second-order valence-corrected chi connectivity index (χ2v) is 7.32. The SMILES string of the molecule is COCCOCCOC(=O)NCC(=O)NC1C(O)CC(C)(C(=O)O)OC1[C@H](O)C(O)CO. The van der Waals surface area contributed by atoms with Gasteiger partial charge in [0.05, 0.1) is 38.6 Å². The van der Waals surface area contributed by atoms with E-state index in [9.17, 15) is 34.8 Å². The third-order valence-electron chi connectivity index (χ3n) is 4.75. The molecule has 0 aromatic carbocycles. The Kier molecular flexibility index (Phi) is 11.8. The van der Waals surface area contributed by atoms with Gasteiger partial charge in [0.1, 0.15) is 31.5 Å². The third kappa shape index (κ3) is 8.46. The Morgan fingerprint density at radius 3 is 2.44 bits per heavy atom. The molecule has 14 heteroatoms. The van der Waals surface area contributed by atoms with Crippen LogP contribution < -0.4 is 10.6 Å². The number of aliphatic hydroxyl groups is 4. The molecule has 0 aromatic rings. The average Bonchev–Trinajstić information content (AvgIpc) is 2.75. The summed E-state index contributed by atoms with van der Waals surface area (Å²) >= 11 is 0. The average molecular weight is 468 g/mol. The van der Waals surface area contributed by atoms with Crippen LogP contribution in [0.5, 0.6) is 0 Å². The van der Waals surface area contributed by atoms with Crippen LogP contribution in [0.2, 0.25) is 0 Å². The maximum Gasteiger partial charge on any atom is 0.407 e. The normalized spacial score (nSPS) is 27.2. The van der Waals surface area contributed by atoms with Crippen LogP contribution in [0.4, 0.5) is 4.79 Å². The Hall–Kier alpha value is -2.07. The van der Waals surface area contributed by atoms with Gasteiger partial charge in [0.15, 0.2) is 5.60 Å². The lowest BCUT2D eigenvalue weighted by Gasteiger charge is -2.45. The number of hydrogen-bond donors (Lipinski definition) is 7. The van der Waals surface area contributed by atoms with Gasteiger partial charge in [-0.3, -0.25) is 4.79 Å². The highest BCUT2D eigenvalue weighted by molar-refractivity contribution is 5.82. The van der Waals surface area contributed by atoms with Crippen molar-refractivity contribution in [2.75, 3.05) is 46.7 Å². The summed E-state index contributed by atoms with van der Waals surface area (Å²) in [4.78, 5) is 35.3. The molecule has 0 radical (unpaired) electrons. The van der Waals surface area contributed by atoms with Crippen molar-refractivity contribution < 1.29 is 58.9 Å². The molecular weight excluding hydrogens is 436 g/mol. The maximum atomic E-state index is 12.2. The van der Waals surface area contributed by atoms with Gasteiger partial charge in [-0.15, -0.1) is 0 Å². The van der Waals surface area contributed by atoms with Gasteiger partial charge in [-0.2, -0.15) is 0 Å². The lowest BCUT2D eigenvalue weighted by Crippen LogP contribution is -2.67. The molecule has 1 aliphatic rings. The summed E-state index contributed by atoms with van der Waals surface area (Å²) in [7, 11) is 1.51. The summed E-state index contributed by atoms with van der Waals surface area (Å²) in [5, 5.41) is 53.4. The Labute approximate surface area is 184 Å². The molecule has 5 unspecified atom stereocenters. The fourth-order valence-electron chi connectivity index (χ4n) is 2.97. The van der Waals surface area contributed by atoms with Gasteiger partial charge in [-0.1, -0.05) is 0 Å². The van der Waals surface area contributed by atoms with Crippen LogP contribution in [-0.4, -0.2) is 126 Å². The molecule has 7 N–H and O–H groups in total. The number of ether oxygens (including phenoxy) is 4. The second kappa shape index (κ2) is 13.5. The van der Waals surface area contributed by atoms with Crippen molar-refractivity contribution in [1.29, 1.82) is 0 Å². The Balaban J connectivity index is 2.63. The van der Waals surface area contributed by atoms with Crippen LogP contribution in [0.15, 0.2) is 0 Å². The first kappa shape index (κ1) is 28.0. The number of aliphatic carboxylic acids is 1. The van der Waals surface area contributed by atoms with Crippen molar-refractivity contribution in [2.24, 2.45) is 0 Å². The molecule has 1 aliphatic heterocycles. The topological polar surface area (TPSA) is 213 Å². The van der Waals surface area contributed by atoms with E-state index in [4.69, 9.17) is 24.1 Å². The molecule has 1 saturated heterocycles. The number of rotatable bonds is 13. The van der Waals surface area contributed by atoms with Crippen molar-refractivity contribution in [3.8, 4) is 0 Å². The molecule has 1 fully saturated rings. The summed E-state index contributed by atoms with van der Waals surface area (Å²) in [6.07, 6.45) is -7.92. The number of carbonyl (C=O) groups excluding carboxylic acids is 2. The number of alkyl carbamates (subject to hydrolysis) is 1. The van der Waals surface area contributed by atoms with Crippen molar-refractivity contribution in [3.05, 3.63) is 0 Å². The van der Waals surface area contributed by atoms with Crippen molar-refractivity contribution >= 4 is 18.0 Å². The van der Waals surface area contributed by atoms with Crippen LogP contribution in [0.3, 0.4) is 0 Å². The lowest BCUT2D eigenvalue weighted by molar-refractivity contribution is -0.224. The number of aliphatic hydroxyl groups excluding tert-OH is 4. The van der Waals surface area contributed by atoms with Crippen molar-refractivity contribution in [2.45, 2.75) is 49.4 Å². The molecule has 0 saturated carbocycles. The second-order valence-electron chi connectivity index (χ2n) is 7.32. The molecule has 14 nitrogen and oxygen atoms in total. The van der Waals surface area contributed by atoms with Crippen LogP contribution in [0.1, 0.15) is 13.3 Å². The minimum Gasteiger partial charge on any atom is -0.479 e. The first-order valence-electron chi connectivity index (χ1n) is 9.88. The minimum absolute atomic E-state index is 0.0621. The quantitative estimate of drug-likeness (QED) is 0.132. The van der Waals surface area contributed by atoms with Gasteiger partial charge in [0.25, 0.3) is 0 Å². The molecule has 1 rings (SSSR count). The van der Waals surface area contributed by atoms with E-state index >= 15 is 0 Å². The number of carboxylic acid groups (broad SMARTS) is 1. The summed E-state index contributed by atoms with van der Waals surface area (Å²) in [6, 6.07) is -1.34. The van der Waals surface area contributed by atoms with Gasteiger partial charge >= 0.3 is 12.1 Å². The molecule has 0 aromatic heterocycles. The van der Waals surface area contributed by atoms with Gasteiger partial charge in [-0.05, 0) is 6.92 Å². The van der Waals surface area contributed by atoms with Crippen LogP contribution in [0.25, 0.3) is 0 Å². The Bertz CT molecular complexity index is 621. The monoisotopic (exact) mass is 468 g/mol. The number of amides is 2. The van der Waals surface area contributed by atoms with Crippen LogP contribution in [0, 0.1) is 0 Å². The largest absolute Gasteiger partial charge is 0.479 e. The first-order valence-corrected chi connectivity index (χ1v) is 9.88. The smallest absolute Gasteiger partial charge is 0.407 e. The van der Waals surface area contributed by atoms with Crippen LogP contribution in [-0.2, 0) is 28.5 Å². The number of hydrogen-bond acceptors (Lipinski definition) is 11. The van der Waals surface area contributed by atoms with E-state index in [0.717, 1.165) is 6.92 Å². The van der Waals surface area contributed by atoms with E-state index in [2.05, 4.69) is 10.6 Å². The summed E-state index contributed by atoms with van der Waals surface area (Å²) < 4.78 is 20.1. The van der Waals surface area contributed by atoms with E-state index in [1.807, 2.05) is 0 Å². The molecule has 32 heavy (non-hydrogen) atoms. The fraction of sp³-hybridized carbons (Fsp3) is 0.833. The molecule has 0 aliphatic carbocycles. The molecule has 6 atom stereocenters. The highest BCUT2D eigenvalue weighted by Gasteiger charge is 2.52. The van der Waals surface area contributed by atoms with Crippen molar-refractivity contribution in [3.63, 3.8) is 0 Å². The van der Waals surface area contributed by atoms with E-state index in [1.54, 1.807) is 0 Å². The standard InChI is InChI=1S/C18H32N2O12/c1-18(16(26)27)7-10(22)13(15(32-18)14(25)11(23)9-21)20-12(24)8-19-17(28)31-6-5-30-4-3-29-2/h10-11,13-15,21-23,25H,3-9H2,1-2H3,(H,19,28)(H,20,24)(H,26,27)/t10?,11?,13?,14-,15?,18?/m1/s1. The fourth-order valence-corrected chi connectivity index (χ4v) is 2.97. The molecule has 2 amide bonds. The molecule has 186 valence electrons. The minimum atomic E-state index is -1.91. The Morgan fingerprint density at radius 2 is 1.84 bits per heavy atom. The number of carbonyl (C=O) groups is 3. The summed E-state index contributed by atoms with van der Waals surface area (Å²) in [5.74, 6) is -2.23. The predicted molar refractivity (Wildman–Crippen MR) is 105 cm³/mol. The first-order chi connectivity index (χ1) is 15.1. The van der Waals surface area contributed by atoms with Crippen molar-refractivity contribution in [1.82, 2.24) is 10.6 Å². The zero-order valence-corrected chi connectivity index (χ0v) is 17.9. The highest BCUT2D eigenvalue weighted by atomic mass is 16.6. The molecular formula is C18H32N2O12. The molecule has 0 spiro atoms. The summed E-state index contributed by atoms with van der Waals surface area (Å²) in [5.41, 5.74) is -1.91. The molecule has 0 bridgehead atoms. The van der Waals surface area contributed by atoms with Gasteiger partial charge < -0.3 is 55.1 Å². The van der Waals surface area contributed by atoms with E-state index in [0.29, 0.717) is 13.2 Å². The lowest BCUT2D eigenvalue weighted by atomic mass is 9.84. The number of nitrogens with one attached hydrogen (secondary N) is 2. The van der Waals surface area contributed by atoms with Crippen LogP contribution >= 0.6 is 0 Å². The molecule has 1 heterocycles.